The van der Waals surface area contributed by atoms with Crippen LogP contribution in [0.2, 0.25) is 0 Å². The Bertz CT molecular complexity index is 347. The van der Waals surface area contributed by atoms with Crippen molar-refractivity contribution in [2.45, 2.75) is 25.0 Å². The summed E-state index contributed by atoms with van der Waals surface area (Å²) in [6, 6.07) is 8.04. The van der Waals surface area contributed by atoms with Gasteiger partial charge in [-0.3, -0.25) is 0 Å². The van der Waals surface area contributed by atoms with Crippen LogP contribution in [0.25, 0.3) is 0 Å². The van der Waals surface area contributed by atoms with Gasteiger partial charge in [0.1, 0.15) is 0 Å². The van der Waals surface area contributed by atoms with Crippen LogP contribution < -0.4 is 5.32 Å². The van der Waals surface area contributed by atoms with Gasteiger partial charge in [-0.15, -0.1) is 0 Å². The van der Waals surface area contributed by atoms with Crippen LogP contribution in [-0.2, 0) is 11.3 Å². The van der Waals surface area contributed by atoms with E-state index in [0.29, 0.717) is 13.2 Å². The molecule has 1 aromatic rings. The zero-order valence-electron chi connectivity index (χ0n) is 9.79. The molecule has 2 N–H and O–H groups in total. The van der Waals surface area contributed by atoms with E-state index in [1.807, 2.05) is 24.3 Å². The zero-order chi connectivity index (χ0) is 12.1. The summed E-state index contributed by atoms with van der Waals surface area (Å²) < 4.78 is 6.68. The van der Waals surface area contributed by atoms with Gasteiger partial charge in [-0.2, -0.15) is 0 Å². The molecule has 0 amide bonds. The second-order valence-corrected chi connectivity index (χ2v) is 5.51. The molecule has 0 spiro atoms. The van der Waals surface area contributed by atoms with Crippen LogP contribution in [0.1, 0.15) is 18.4 Å². The number of ether oxygens (including phenoxy) is 1. The summed E-state index contributed by atoms with van der Waals surface area (Å²) in [5.74, 6) is 0. The number of halogens is 1. The minimum absolute atomic E-state index is 0.421. The van der Waals surface area contributed by atoms with Gasteiger partial charge >= 0.3 is 0 Å². The molecule has 0 unspecified atom stereocenters. The highest BCUT2D eigenvalue weighted by atomic mass is 79.9. The Kier molecular flexibility index (Phi) is 4.56. The highest BCUT2D eigenvalue weighted by Crippen LogP contribution is 2.19. The fourth-order valence-corrected chi connectivity index (χ4v) is 2.24. The van der Waals surface area contributed by atoms with Crippen molar-refractivity contribution in [3.8, 4) is 0 Å². The molecule has 0 atom stereocenters. The summed E-state index contributed by atoms with van der Waals surface area (Å²) in [5, 5.41) is 13.5. The highest BCUT2D eigenvalue weighted by molar-refractivity contribution is 9.10. The van der Waals surface area contributed by atoms with Crippen molar-refractivity contribution in [2.24, 2.45) is 0 Å². The van der Waals surface area contributed by atoms with E-state index in [0.717, 1.165) is 36.0 Å². The lowest BCUT2D eigenvalue weighted by Crippen LogP contribution is -2.45. The van der Waals surface area contributed by atoms with Crippen molar-refractivity contribution in [1.29, 1.82) is 0 Å². The average Bonchev–Trinajstić information content (AvgIpc) is 2.32. The van der Waals surface area contributed by atoms with Crippen molar-refractivity contribution in [3.05, 3.63) is 34.3 Å². The van der Waals surface area contributed by atoms with Crippen LogP contribution in [0, 0.1) is 0 Å². The topological polar surface area (TPSA) is 41.5 Å². The molecule has 1 saturated heterocycles. The van der Waals surface area contributed by atoms with Crippen molar-refractivity contribution >= 4 is 15.9 Å². The summed E-state index contributed by atoms with van der Waals surface area (Å²) >= 11 is 3.40. The van der Waals surface area contributed by atoms with E-state index in [4.69, 9.17) is 4.74 Å². The van der Waals surface area contributed by atoms with Crippen LogP contribution in [0.15, 0.2) is 28.7 Å². The lowest BCUT2D eigenvalue weighted by Gasteiger charge is -2.32. The van der Waals surface area contributed by atoms with Crippen molar-refractivity contribution in [3.63, 3.8) is 0 Å². The van der Waals surface area contributed by atoms with Gasteiger partial charge in [0.05, 0.1) is 18.8 Å². The number of nitrogens with one attached hydrogen (secondary N) is 1. The first-order chi connectivity index (χ1) is 8.18. The van der Waals surface area contributed by atoms with Gasteiger partial charge in [0.2, 0.25) is 0 Å². The molecule has 1 aliphatic heterocycles. The molecule has 17 heavy (non-hydrogen) atoms. The molecule has 4 heteroatoms. The standard InChI is InChI=1S/C13H18BrNO2/c14-12-3-1-11(2-4-12)9-17-10-13(16)5-7-15-8-6-13/h1-4,15-16H,5-10H2. The number of benzene rings is 1. The first-order valence-electron chi connectivity index (χ1n) is 5.93. The molecule has 0 radical (unpaired) electrons. The predicted octanol–water partition coefficient (Wildman–Crippen LogP) is 2.08. The minimum Gasteiger partial charge on any atom is -0.387 e. The van der Waals surface area contributed by atoms with Crippen LogP contribution in [0.3, 0.4) is 0 Å². The van der Waals surface area contributed by atoms with Gasteiger partial charge in [0.15, 0.2) is 0 Å². The zero-order valence-corrected chi connectivity index (χ0v) is 11.4. The third-order valence-electron chi connectivity index (χ3n) is 3.09. The summed E-state index contributed by atoms with van der Waals surface area (Å²) in [7, 11) is 0. The van der Waals surface area contributed by atoms with Gasteiger partial charge in [-0.25, -0.2) is 0 Å². The molecule has 0 bridgehead atoms. The number of aliphatic hydroxyl groups is 1. The maximum atomic E-state index is 10.2. The number of rotatable bonds is 4. The fourth-order valence-electron chi connectivity index (χ4n) is 1.98. The van der Waals surface area contributed by atoms with Gasteiger partial charge in [0, 0.05) is 4.47 Å². The molecule has 1 heterocycles. The molecule has 0 aliphatic carbocycles. The largest absolute Gasteiger partial charge is 0.387 e. The third-order valence-corrected chi connectivity index (χ3v) is 3.62. The molecule has 1 aliphatic rings. The van der Waals surface area contributed by atoms with E-state index in [-0.39, 0.29) is 0 Å². The van der Waals surface area contributed by atoms with E-state index < -0.39 is 5.60 Å². The Morgan fingerprint density at radius 3 is 2.53 bits per heavy atom. The number of hydrogen-bond donors (Lipinski definition) is 2. The predicted molar refractivity (Wildman–Crippen MR) is 70.9 cm³/mol. The van der Waals surface area contributed by atoms with Crippen LogP contribution in [-0.4, -0.2) is 30.4 Å². The SMILES string of the molecule is OC1(COCc2ccc(Br)cc2)CCNCC1. The summed E-state index contributed by atoms with van der Waals surface area (Å²) in [6.45, 7) is 2.73. The van der Waals surface area contributed by atoms with Crippen LogP contribution in [0.5, 0.6) is 0 Å². The molecule has 3 nitrogen and oxygen atoms in total. The van der Waals surface area contributed by atoms with Crippen molar-refractivity contribution in [2.75, 3.05) is 19.7 Å². The molecule has 94 valence electrons. The Morgan fingerprint density at radius 1 is 1.24 bits per heavy atom. The van der Waals surface area contributed by atoms with Crippen LogP contribution >= 0.6 is 15.9 Å². The van der Waals surface area contributed by atoms with E-state index in [2.05, 4.69) is 21.2 Å². The van der Waals surface area contributed by atoms with Crippen molar-refractivity contribution < 1.29 is 9.84 Å². The molecular weight excluding hydrogens is 282 g/mol. The second-order valence-electron chi connectivity index (χ2n) is 4.59. The average molecular weight is 300 g/mol. The maximum Gasteiger partial charge on any atom is 0.0904 e. The second kappa shape index (κ2) is 5.96. The minimum atomic E-state index is -0.638. The number of hydrogen-bond acceptors (Lipinski definition) is 3. The molecule has 0 aromatic heterocycles. The molecule has 1 fully saturated rings. The van der Waals surface area contributed by atoms with Gasteiger partial charge < -0.3 is 15.2 Å². The van der Waals surface area contributed by atoms with Crippen LogP contribution in [0.4, 0.5) is 0 Å². The van der Waals surface area contributed by atoms with Gasteiger partial charge in [0.25, 0.3) is 0 Å². The molecule has 2 rings (SSSR count). The third kappa shape index (κ3) is 4.07. The van der Waals surface area contributed by atoms with Crippen molar-refractivity contribution in [1.82, 2.24) is 5.32 Å². The maximum absolute atomic E-state index is 10.2. The summed E-state index contributed by atoms with van der Waals surface area (Å²) in [4.78, 5) is 0. The monoisotopic (exact) mass is 299 g/mol. The smallest absolute Gasteiger partial charge is 0.0904 e. The Balaban J connectivity index is 1.77. The van der Waals surface area contributed by atoms with E-state index in [1.54, 1.807) is 0 Å². The normalized spacial score (nSPS) is 19.2. The molecule has 0 saturated carbocycles. The fraction of sp³-hybridized carbons (Fsp3) is 0.538. The lowest BCUT2D eigenvalue weighted by atomic mass is 9.94. The summed E-state index contributed by atoms with van der Waals surface area (Å²) in [5.41, 5.74) is 0.492. The molecular formula is C13H18BrNO2. The van der Waals surface area contributed by atoms with E-state index in [9.17, 15) is 5.11 Å². The quantitative estimate of drug-likeness (QED) is 0.894. The Labute approximate surface area is 110 Å². The Hall–Kier alpha value is -0.420. The van der Waals surface area contributed by atoms with Gasteiger partial charge in [-0.1, -0.05) is 28.1 Å². The number of piperidine rings is 1. The first-order valence-corrected chi connectivity index (χ1v) is 6.73. The Morgan fingerprint density at radius 2 is 1.88 bits per heavy atom. The first kappa shape index (κ1) is 13.0. The summed E-state index contributed by atoms with van der Waals surface area (Å²) in [6.07, 6.45) is 1.54. The van der Waals surface area contributed by atoms with E-state index in [1.165, 1.54) is 0 Å². The van der Waals surface area contributed by atoms with Gasteiger partial charge in [-0.05, 0) is 43.6 Å². The highest BCUT2D eigenvalue weighted by Gasteiger charge is 2.29. The molecule has 1 aromatic carbocycles. The van der Waals surface area contributed by atoms with E-state index >= 15 is 0 Å². The lowest BCUT2D eigenvalue weighted by molar-refractivity contribution is -0.0687.